The van der Waals surface area contributed by atoms with E-state index < -0.39 is 0 Å². The van der Waals surface area contributed by atoms with Gasteiger partial charge in [-0.2, -0.15) is 0 Å². The zero-order valence-electron chi connectivity index (χ0n) is 11.8. The maximum Gasteiger partial charge on any atom is 4.00 e. The monoisotopic (exact) mass is 328 g/mol. The summed E-state index contributed by atoms with van der Waals surface area (Å²) in [6, 6.07) is 0. The summed E-state index contributed by atoms with van der Waals surface area (Å²) in [6.07, 6.45) is 4.78. The molecule has 0 aromatic rings. The van der Waals surface area contributed by atoms with Crippen LogP contribution >= 0.6 is 0 Å². The van der Waals surface area contributed by atoms with E-state index in [9.17, 15) is 0 Å². The van der Waals surface area contributed by atoms with Gasteiger partial charge in [0.2, 0.25) is 0 Å². The molecule has 0 unspecified atom stereocenters. The minimum atomic E-state index is 0. The van der Waals surface area contributed by atoms with E-state index in [2.05, 4.69) is 38.3 Å². The maximum atomic E-state index is 4.21. The first-order valence-corrected chi connectivity index (χ1v) is 6.09. The Labute approximate surface area is 126 Å². The summed E-state index contributed by atoms with van der Waals surface area (Å²) in [5.74, 6) is 0. The van der Waals surface area contributed by atoms with Crippen LogP contribution in [0.2, 0.25) is 0 Å². The second-order valence-corrected chi connectivity index (χ2v) is 3.34. The second-order valence-electron chi connectivity index (χ2n) is 3.34. The molecule has 0 aromatic carbocycles. The van der Waals surface area contributed by atoms with Crippen molar-refractivity contribution in [3.8, 4) is 0 Å². The molecule has 0 amide bonds. The predicted molar refractivity (Wildman–Crippen MR) is 67.4 cm³/mol. The van der Waals surface area contributed by atoms with Gasteiger partial charge in [0.25, 0.3) is 0 Å². The van der Waals surface area contributed by atoms with Crippen LogP contribution in [-0.4, -0.2) is 26.2 Å². The van der Waals surface area contributed by atoms with Crippen molar-refractivity contribution >= 4 is 0 Å². The summed E-state index contributed by atoms with van der Waals surface area (Å²) >= 11 is 0. The fourth-order valence-electron chi connectivity index (χ4n) is 0.856. The number of halogens is 2. The number of rotatable bonds is 8. The molecule has 0 N–H and O–H groups in total. The molecule has 0 spiro atoms. The van der Waals surface area contributed by atoms with Crippen LogP contribution < -0.4 is 9.41 Å². The molecule has 0 saturated heterocycles. The standard InChI is InChI=1S/2C6H14N.2FH.Zr/c2*1-3-5-7-6-4-2;;;/h2*3-6H2,1-2H3;2*1H;/q2*-1;;;+4/p-2. The van der Waals surface area contributed by atoms with E-state index in [0.717, 1.165) is 26.2 Å². The van der Waals surface area contributed by atoms with Gasteiger partial charge in [0, 0.05) is 0 Å². The van der Waals surface area contributed by atoms with Crippen LogP contribution in [0.5, 0.6) is 0 Å². The van der Waals surface area contributed by atoms with Crippen molar-refractivity contribution in [2.45, 2.75) is 53.4 Å². The van der Waals surface area contributed by atoms with Gasteiger partial charge in [-0.05, 0) is 0 Å². The summed E-state index contributed by atoms with van der Waals surface area (Å²) in [4.78, 5) is 0. The fourth-order valence-corrected chi connectivity index (χ4v) is 0.856. The Balaban J connectivity index is -0.0000000480. The summed E-state index contributed by atoms with van der Waals surface area (Å²) in [6.45, 7) is 12.8. The van der Waals surface area contributed by atoms with Crippen LogP contribution in [0.25, 0.3) is 10.6 Å². The molecule has 17 heavy (non-hydrogen) atoms. The number of hydrogen-bond acceptors (Lipinski definition) is 0. The Morgan fingerprint density at radius 2 is 0.706 bits per heavy atom. The molecule has 2 nitrogen and oxygen atoms in total. The van der Waals surface area contributed by atoms with E-state index in [1.165, 1.54) is 25.7 Å². The molecule has 5 heteroatoms. The molecule has 0 bridgehead atoms. The Kier molecular flexibility index (Phi) is 64.7. The predicted octanol–water partition coefficient (Wildman–Crippen LogP) is -1.63. The molecule has 0 aromatic heterocycles. The summed E-state index contributed by atoms with van der Waals surface area (Å²) in [5.41, 5.74) is 0. The van der Waals surface area contributed by atoms with Crippen LogP contribution in [0.15, 0.2) is 0 Å². The second kappa shape index (κ2) is 36.0. The van der Waals surface area contributed by atoms with Gasteiger partial charge in [0.05, 0.1) is 0 Å². The number of hydrogen-bond donors (Lipinski definition) is 0. The normalized spacial score (nSPS) is 7.76. The van der Waals surface area contributed by atoms with Gasteiger partial charge >= 0.3 is 26.2 Å². The quantitative estimate of drug-likeness (QED) is 0.478. The first kappa shape index (κ1) is 30.6. The van der Waals surface area contributed by atoms with E-state index >= 15 is 0 Å². The third kappa shape index (κ3) is 47.7. The maximum absolute atomic E-state index is 4.21. The smallest absolute Gasteiger partial charge is 1.00 e. The van der Waals surface area contributed by atoms with Gasteiger partial charge in [0.1, 0.15) is 0 Å². The van der Waals surface area contributed by atoms with Crippen molar-refractivity contribution < 1.29 is 35.6 Å². The van der Waals surface area contributed by atoms with E-state index in [4.69, 9.17) is 0 Å². The van der Waals surface area contributed by atoms with Gasteiger partial charge in [-0.1, -0.05) is 53.4 Å². The summed E-state index contributed by atoms with van der Waals surface area (Å²) in [7, 11) is 0. The van der Waals surface area contributed by atoms with E-state index in [1.807, 2.05) is 0 Å². The Morgan fingerprint density at radius 3 is 0.824 bits per heavy atom. The SMILES string of the molecule is CCC[N-]CCC.CCC[N-]CCC.[F-].[F-].[Zr+4]. The first-order chi connectivity index (χ1) is 6.83. The van der Waals surface area contributed by atoms with Crippen LogP contribution in [0.4, 0.5) is 0 Å². The zero-order valence-corrected chi connectivity index (χ0v) is 14.3. The van der Waals surface area contributed by atoms with Gasteiger partial charge in [-0.25, -0.2) is 0 Å². The molecule has 0 saturated carbocycles. The molecule has 0 atom stereocenters. The Hall–Kier alpha value is 0.663. The molecule has 104 valence electrons. The molecule has 0 fully saturated rings. The van der Waals surface area contributed by atoms with Crippen LogP contribution in [0, 0.1) is 0 Å². The van der Waals surface area contributed by atoms with Gasteiger partial charge in [-0.3, -0.25) is 0 Å². The largest absolute Gasteiger partial charge is 4.00 e. The summed E-state index contributed by atoms with van der Waals surface area (Å²) in [5, 5.41) is 8.42. The minimum Gasteiger partial charge on any atom is -1.00 e. The van der Waals surface area contributed by atoms with Crippen molar-refractivity contribution in [2.75, 3.05) is 26.2 Å². The molecule has 0 aliphatic carbocycles. The van der Waals surface area contributed by atoms with Crippen molar-refractivity contribution in [1.82, 2.24) is 0 Å². The first-order valence-electron chi connectivity index (χ1n) is 6.09. The fraction of sp³-hybridized carbons (Fsp3) is 1.00. The zero-order chi connectivity index (χ0) is 11.1. The van der Waals surface area contributed by atoms with E-state index in [1.54, 1.807) is 0 Å². The van der Waals surface area contributed by atoms with Crippen molar-refractivity contribution in [3.63, 3.8) is 0 Å². The Morgan fingerprint density at radius 1 is 0.529 bits per heavy atom. The summed E-state index contributed by atoms with van der Waals surface area (Å²) < 4.78 is 0. The molecule has 0 radical (unpaired) electrons. The van der Waals surface area contributed by atoms with Crippen LogP contribution in [-0.2, 0) is 26.2 Å². The van der Waals surface area contributed by atoms with Gasteiger partial charge in [-0.15, -0.1) is 26.2 Å². The molecule has 0 aliphatic rings. The minimum absolute atomic E-state index is 0. The van der Waals surface area contributed by atoms with E-state index in [-0.39, 0.29) is 35.6 Å². The van der Waals surface area contributed by atoms with Gasteiger partial charge in [0.15, 0.2) is 0 Å². The van der Waals surface area contributed by atoms with E-state index in [0.29, 0.717) is 0 Å². The average Bonchev–Trinajstić information content (AvgIpc) is 2.21. The van der Waals surface area contributed by atoms with Crippen molar-refractivity contribution in [1.29, 1.82) is 0 Å². The van der Waals surface area contributed by atoms with Crippen LogP contribution in [0.3, 0.4) is 0 Å². The third-order valence-corrected chi connectivity index (χ3v) is 1.53. The van der Waals surface area contributed by atoms with Crippen molar-refractivity contribution in [2.24, 2.45) is 0 Å². The molecular weight excluding hydrogens is 301 g/mol. The number of nitrogens with zero attached hydrogens (tertiary/aromatic N) is 2. The third-order valence-electron chi connectivity index (χ3n) is 1.53. The molecule has 0 heterocycles. The Bertz CT molecular complexity index is 70.9. The molecular formula is C12H28F2N2Zr. The van der Waals surface area contributed by atoms with Gasteiger partial charge < -0.3 is 20.0 Å². The molecule has 0 rings (SSSR count). The van der Waals surface area contributed by atoms with Crippen molar-refractivity contribution in [3.05, 3.63) is 10.6 Å². The topological polar surface area (TPSA) is 28.2 Å². The molecule has 0 aliphatic heterocycles. The average molecular weight is 330 g/mol. The van der Waals surface area contributed by atoms with Crippen LogP contribution in [0.1, 0.15) is 53.4 Å².